The van der Waals surface area contributed by atoms with Crippen molar-refractivity contribution in [2.45, 2.75) is 6.04 Å². The summed E-state index contributed by atoms with van der Waals surface area (Å²) in [5, 5.41) is 4.54. The molecule has 2 N–H and O–H groups in total. The van der Waals surface area contributed by atoms with Gasteiger partial charge in [0, 0.05) is 9.35 Å². The Kier molecular flexibility index (Phi) is 3.20. The Morgan fingerprint density at radius 3 is 2.50 bits per heavy atom. The average molecular weight is 318 g/mol. The van der Waals surface area contributed by atoms with Crippen LogP contribution in [0.5, 0.6) is 0 Å². The molecule has 0 spiro atoms. The number of benzene rings is 2. The molecule has 0 radical (unpaired) electrons. The van der Waals surface area contributed by atoms with Gasteiger partial charge in [0.05, 0.1) is 6.04 Å². The summed E-state index contributed by atoms with van der Waals surface area (Å²) in [5.74, 6) is 0. The first-order valence-corrected chi connectivity index (χ1v) is 7.40. The van der Waals surface area contributed by atoms with Crippen molar-refractivity contribution in [3.8, 4) is 0 Å². The third-order valence-electron chi connectivity index (χ3n) is 3.06. The van der Waals surface area contributed by atoms with Crippen LogP contribution in [-0.2, 0) is 0 Å². The minimum absolute atomic E-state index is 0.0658. The van der Waals surface area contributed by atoms with Crippen molar-refractivity contribution in [2.75, 3.05) is 0 Å². The summed E-state index contributed by atoms with van der Waals surface area (Å²) in [6, 6.07) is 16.7. The number of fused-ring (bicyclic) bond motifs is 1. The van der Waals surface area contributed by atoms with Crippen LogP contribution in [0.4, 0.5) is 0 Å². The maximum absolute atomic E-state index is 6.33. The van der Waals surface area contributed by atoms with E-state index < -0.39 is 0 Å². The van der Waals surface area contributed by atoms with E-state index in [1.807, 2.05) is 6.07 Å². The molecule has 0 aliphatic carbocycles. The van der Waals surface area contributed by atoms with Gasteiger partial charge < -0.3 is 5.73 Å². The second-order valence-electron chi connectivity index (χ2n) is 4.22. The monoisotopic (exact) mass is 317 g/mol. The normalized spacial score (nSPS) is 12.8. The third kappa shape index (κ3) is 2.09. The molecule has 90 valence electrons. The second-order valence-corrected chi connectivity index (χ2v) is 6.02. The number of rotatable bonds is 2. The van der Waals surface area contributed by atoms with Gasteiger partial charge in [-0.2, -0.15) is 0 Å². The predicted molar refractivity (Wildman–Crippen MR) is 82.0 cm³/mol. The van der Waals surface area contributed by atoms with Crippen molar-refractivity contribution in [2.24, 2.45) is 5.73 Å². The molecule has 3 rings (SSSR count). The third-order valence-corrected chi connectivity index (χ3v) is 5.01. The van der Waals surface area contributed by atoms with E-state index in [4.69, 9.17) is 5.73 Å². The highest BCUT2D eigenvalue weighted by molar-refractivity contribution is 9.10. The molecule has 1 aromatic heterocycles. The van der Waals surface area contributed by atoms with Crippen molar-refractivity contribution in [1.29, 1.82) is 0 Å². The van der Waals surface area contributed by atoms with E-state index in [1.54, 1.807) is 11.3 Å². The van der Waals surface area contributed by atoms with E-state index in [2.05, 4.69) is 63.8 Å². The molecule has 1 atom stereocenters. The van der Waals surface area contributed by atoms with Gasteiger partial charge in [0.25, 0.3) is 0 Å². The molecule has 3 heteroatoms. The van der Waals surface area contributed by atoms with Crippen LogP contribution in [-0.4, -0.2) is 0 Å². The Hall–Kier alpha value is -1.16. The fourth-order valence-electron chi connectivity index (χ4n) is 2.08. The van der Waals surface area contributed by atoms with Crippen LogP contribution < -0.4 is 5.73 Å². The Labute approximate surface area is 118 Å². The van der Waals surface area contributed by atoms with Crippen molar-refractivity contribution in [3.63, 3.8) is 0 Å². The maximum Gasteiger partial charge on any atom is 0.0657 e. The van der Waals surface area contributed by atoms with Crippen LogP contribution in [0.25, 0.3) is 10.8 Å². The minimum atomic E-state index is -0.0658. The summed E-state index contributed by atoms with van der Waals surface area (Å²) >= 11 is 5.23. The second kappa shape index (κ2) is 4.84. The molecule has 0 saturated heterocycles. The SMILES string of the molecule is NC(c1ccc2ccccc2c1)c1sccc1Br. The molecule has 1 nitrogen and oxygen atoms in total. The Morgan fingerprint density at radius 2 is 1.78 bits per heavy atom. The van der Waals surface area contributed by atoms with Crippen LogP contribution in [0.3, 0.4) is 0 Å². The van der Waals surface area contributed by atoms with Crippen LogP contribution in [0.15, 0.2) is 58.4 Å². The van der Waals surface area contributed by atoms with Crippen LogP contribution in [0, 0.1) is 0 Å². The van der Waals surface area contributed by atoms with Crippen LogP contribution in [0.1, 0.15) is 16.5 Å². The lowest BCUT2D eigenvalue weighted by molar-refractivity contribution is 0.891. The van der Waals surface area contributed by atoms with Gasteiger partial charge >= 0.3 is 0 Å². The van der Waals surface area contributed by atoms with Crippen LogP contribution in [0.2, 0.25) is 0 Å². The number of nitrogens with two attached hydrogens (primary N) is 1. The molecule has 18 heavy (non-hydrogen) atoms. The van der Waals surface area contributed by atoms with Gasteiger partial charge in [-0.05, 0) is 49.8 Å². The molecule has 0 saturated carbocycles. The van der Waals surface area contributed by atoms with Crippen molar-refractivity contribution >= 4 is 38.0 Å². The molecule has 0 fully saturated rings. The number of hydrogen-bond donors (Lipinski definition) is 1. The van der Waals surface area contributed by atoms with E-state index in [0.717, 1.165) is 10.0 Å². The summed E-state index contributed by atoms with van der Waals surface area (Å²) < 4.78 is 1.09. The summed E-state index contributed by atoms with van der Waals surface area (Å²) in [4.78, 5) is 1.17. The van der Waals surface area contributed by atoms with Gasteiger partial charge in [0.2, 0.25) is 0 Å². The lowest BCUT2D eigenvalue weighted by Gasteiger charge is -2.12. The number of halogens is 1. The zero-order valence-corrected chi connectivity index (χ0v) is 12.0. The van der Waals surface area contributed by atoms with E-state index >= 15 is 0 Å². The van der Waals surface area contributed by atoms with Gasteiger partial charge in [0.1, 0.15) is 0 Å². The van der Waals surface area contributed by atoms with Gasteiger partial charge in [-0.3, -0.25) is 0 Å². The van der Waals surface area contributed by atoms with E-state index in [1.165, 1.54) is 15.6 Å². The zero-order chi connectivity index (χ0) is 12.5. The van der Waals surface area contributed by atoms with Crippen molar-refractivity contribution < 1.29 is 0 Å². The average Bonchev–Trinajstić information content (AvgIpc) is 2.83. The quantitative estimate of drug-likeness (QED) is 0.727. The standard InChI is InChI=1S/C15H12BrNS/c16-13-7-8-18-15(13)14(17)12-6-5-10-3-1-2-4-11(10)9-12/h1-9,14H,17H2. The van der Waals surface area contributed by atoms with Crippen LogP contribution >= 0.6 is 27.3 Å². The molecule has 0 bridgehead atoms. The molecule has 1 heterocycles. The highest BCUT2D eigenvalue weighted by Crippen LogP contribution is 2.32. The molecule has 0 amide bonds. The lowest BCUT2D eigenvalue weighted by Crippen LogP contribution is -2.10. The highest BCUT2D eigenvalue weighted by atomic mass is 79.9. The predicted octanol–water partition coefficient (Wildman–Crippen LogP) is 4.71. The fourth-order valence-corrected chi connectivity index (χ4v) is 3.73. The zero-order valence-electron chi connectivity index (χ0n) is 9.64. The molecule has 2 aromatic carbocycles. The highest BCUT2D eigenvalue weighted by Gasteiger charge is 2.13. The topological polar surface area (TPSA) is 26.0 Å². The molecule has 0 aliphatic rings. The fraction of sp³-hybridized carbons (Fsp3) is 0.0667. The first-order valence-electron chi connectivity index (χ1n) is 5.73. The Morgan fingerprint density at radius 1 is 1.00 bits per heavy atom. The summed E-state index contributed by atoms with van der Waals surface area (Å²) in [6.07, 6.45) is 0. The molecule has 3 aromatic rings. The first-order chi connectivity index (χ1) is 8.75. The molecule has 0 aliphatic heterocycles. The van der Waals surface area contributed by atoms with Gasteiger partial charge in [0.15, 0.2) is 0 Å². The van der Waals surface area contributed by atoms with Gasteiger partial charge in [-0.25, -0.2) is 0 Å². The van der Waals surface area contributed by atoms with E-state index in [-0.39, 0.29) is 6.04 Å². The molecular formula is C15H12BrNS. The Bertz CT molecular complexity index is 690. The molecular weight excluding hydrogens is 306 g/mol. The van der Waals surface area contributed by atoms with E-state index in [9.17, 15) is 0 Å². The molecule has 1 unspecified atom stereocenters. The first kappa shape index (κ1) is 11.9. The maximum atomic E-state index is 6.33. The Balaban J connectivity index is 2.07. The number of thiophene rings is 1. The number of hydrogen-bond acceptors (Lipinski definition) is 2. The van der Waals surface area contributed by atoms with Gasteiger partial charge in [-0.15, -0.1) is 11.3 Å². The largest absolute Gasteiger partial charge is 0.320 e. The summed E-state index contributed by atoms with van der Waals surface area (Å²) in [5.41, 5.74) is 7.48. The summed E-state index contributed by atoms with van der Waals surface area (Å²) in [7, 11) is 0. The summed E-state index contributed by atoms with van der Waals surface area (Å²) in [6.45, 7) is 0. The van der Waals surface area contributed by atoms with Crippen molar-refractivity contribution in [1.82, 2.24) is 0 Å². The lowest BCUT2D eigenvalue weighted by atomic mass is 10.0. The van der Waals surface area contributed by atoms with Crippen molar-refractivity contribution in [3.05, 3.63) is 68.8 Å². The van der Waals surface area contributed by atoms with Gasteiger partial charge in [-0.1, -0.05) is 36.4 Å². The van der Waals surface area contributed by atoms with E-state index in [0.29, 0.717) is 0 Å². The minimum Gasteiger partial charge on any atom is -0.320 e. The smallest absolute Gasteiger partial charge is 0.0657 e.